The number of halogens is 1. The summed E-state index contributed by atoms with van der Waals surface area (Å²) in [6, 6.07) is 19.1. The van der Waals surface area contributed by atoms with Crippen LogP contribution in [0, 0.1) is 0 Å². The number of hydrogen-bond acceptors (Lipinski definition) is 6. The van der Waals surface area contributed by atoms with Crippen molar-refractivity contribution in [1.82, 2.24) is 4.90 Å². The number of likely N-dealkylation sites (N-methyl/N-ethyl adjacent to an activating group) is 1. The number of amides is 1. The van der Waals surface area contributed by atoms with Gasteiger partial charge in [0.15, 0.2) is 16.7 Å². The molecule has 0 radical (unpaired) electrons. The highest BCUT2D eigenvalue weighted by molar-refractivity contribution is 8.18. The van der Waals surface area contributed by atoms with E-state index in [1.165, 1.54) is 28.8 Å². The van der Waals surface area contributed by atoms with Crippen molar-refractivity contribution >= 4 is 52.2 Å². The maximum Gasteiger partial charge on any atom is 0.335 e. The number of hydrogen-bond donors (Lipinski definition) is 1. The Balaban J connectivity index is 1.52. The van der Waals surface area contributed by atoms with Gasteiger partial charge in [-0.15, -0.1) is 0 Å². The molecular weight excluding hydrogens is 500 g/mol. The summed E-state index contributed by atoms with van der Waals surface area (Å²) in [5.74, 6) is -0.00253. The van der Waals surface area contributed by atoms with Gasteiger partial charge < -0.3 is 14.6 Å². The first-order valence-corrected chi connectivity index (χ1v) is 12.3. The fourth-order valence-electron chi connectivity index (χ4n) is 3.34. The van der Waals surface area contributed by atoms with Crippen LogP contribution in [0.4, 0.5) is 5.69 Å². The highest BCUT2D eigenvalue weighted by Gasteiger charge is 2.30. The second-order valence-corrected chi connectivity index (χ2v) is 9.22. The summed E-state index contributed by atoms with van der Waals surface area (Å²) in [6.45, 7) is 2.72. The third-order valence-corrected chi connectivity index (χ3v) is 6.53. The lowest BCUT2D eigenvalue weighted by Gasteiger charge is -2.13. The predicted octanol–water partition coefficient (Wildman–Crippen LogP) is 6.25. The van der Waals surface area contributed by atoms with Gasteiger partial charge in [-0.3, -0.25) is 9.69 Å². The van der Waals surface area contributed by atoms with Crippen molar-refractivity contribution in [2.45, 2.75) is 13.5 Å². The molecule has 3 aromatic rings. The van der Waals surface area contributed by atoms with Gasteiger partial charge in [0.2, 0.25) is 0 Å². The molecule has 1 heterocycles. The van der Waals surface area contributed by atoms with Crippen molar-refractivity contribution in [1.29, 1.82) is 0 Å². The Morgan fingerprint density at radius 2 is 1.78 bits per heavy atom. The minimum absolute atomic E-state index is 0.175. The Morgan fingerprint density at radius 3 is 2.44 bits per heavy atom. The van der Waals surface area contributed by atoms with Gasteiger partial charge in [-0.25, -0.2) is 9.79 Å². The second-order valence-electron chi connectivity index (χ2n) is 7.78. The zero-order chi connectivity index (χ0) is 25.7. The molecule has 7 nitrogen and oxygen atoms in total. The van der Waals surface area contributed by atoms with Gasteiger partial charge in [0.05, 0.1) is 22.8 Å². The molecule has 0 spiro atoms. The number of nitrogens with zero attached hydrogens (tertiary/aromatic N) is 2. The molecule has 1 amide bonds. The Hall–Kier alpha value is -3.75. The smallest absolute Gasteiger partial charge is 0.335 e. The van der Waals surface area contributed by atoms with Crippen LogP contribution >= 0.6 is 23.4 Å². The van der Waals surface area contributed by atoms with Crippen molar-refractivity contribution in [3.63, 3.8) is 0 Å². The number of carboxylic acid groups (broad SMARTS) is 1. The van der Waals surface area contributed by atoms with E-state index >= 15 is 0 Å². The molecule has 1 saturated heterocycles. The molecule has 184 valence electrons. The van der Waals surface area contributed by atoms with Crippen LogP contribution in [0.5, 0.6) is 11.5 Å². The average Bonchev–Trinajstić information content (AvgIpc) is 3.12. The van der Waals surface area contributed by atoms with Gasteiger partial charge in [0.25, 0.3) is 5.91 Å². The van der Waals surface area contributed by atoms with Crippen molar-refractivity contribution in [3.8, 4) is 11.5 Å². The molecule has 4 rings (SSSR count). The molecule has 1 fully saturated rings. The quantitative estimate of drug-likeness (QED) is 0.352. The molecule has 0 unspecified atom stereocenters. The molecular formula is C27H23ClN2O5S. The molecule has 9 heteroatoms. The van der Waals surface area contributed by atoms with Crippen LogP contribution in [0.2, 0.25) is 5.02 Å². The number of amidine groups is 1. The van der Waals surface area contributed by atoms with Gasteiger partial charge >= 0.3 is 5.97 Å². The van der Waals surface area contributed by atoms with Crippen LogP contribution in [-0.2, 0) is 11.4 Å². The number of benzene rings is 3. The number of aromatic carboxylic acids is 1. The second kappa shape index (κ2) is 11.3. The molecule has 0 aliphatic carbocycles. The van der Waals surface area contributed by atoms with Crippen molar-refractivity contribution in [2.75, 3.05) is 13.7 Å². The number of thioether (sulfide) groups is 1. The predicted molar refractivity (Wildman–Crippen MR) is 142 cm³/mol. The lowest BCUT2D eigenvalue weighted by Crippen LogP contribution is -2.23. The van der Waals surface area contributed by atoms with Gasteiger partial charge in [-0.2, -0.15) is 0 Å². The summed E-state index contributed by atoms with van der Waals surface area (Å²) in [5.41, 5.74) is 2.50. The van der Waals surface area contributed by atoms with Crippen molar-refractivity contribution < 1.29 is 24.2 Å². The first kappa shape index (κ1) is 25.3. The highest BCUT2D eigenvalue weighted by Crippen LogP contribution is 2.35. The maximum absolute atomic E-state index is 12.8. The zero-order valence-corrected chi connectivity index (χ0v) is 21.2. The van der Waals surface area contributed by atoms with E-state index in [-0.39, 0.29) is 11.5 Å². The van der Waals surface area contributed by atoms with Gasteiger partial charge in [0, 0.05) is 12.1 Å². The molecule has 3 aromatic carbocycles. The summed E-state index contributed by atoms with van der Waals surface area (Å²) in [7, 11) is 1.65. The normalized spacial score (nSPS) is 15.5. The fourth-order valence-corrected chi connectivity index (χ4v) is 4.45. The molecule has 1 aliphatic rings. The van der Waals surface area contributed by atoms with Crippen LogP contribution in [0.25, 0.3) is 6.08 Å². The largest absolute Gasteiger partial charge is 0.490 e. The van der Waals surface area contributed by atoms with E-state index in [0.29, 0.717) is 45.5 Å². The number of aliphatic imine (C=N–C) groups is 1. The van der Waals surface area contributed by atoms with E-state index in [0.717, 1.165) is 11.1 Å². The third-order valence-electron chi connectivity index (χ3n) is 5.22. The first-order chi connectivity index (χ1) is 17.3. The number of carbonyl (C=O) groups is 2. The SMILES string of the molecule is CCOc1cc(C=C2SC(=Nc3ccc(C(=O)O)cc3)N(C)C2=O)ccc1OCc1ccc(Cl)cc1. The van der Waals surface area contributed by atoms with E-state index in [4.69, 9.17) is 26.2 Å². The van der Waals surface area contributed by atoms with Crippen LogP contribution in [-0.4, -0.2) is 40.7 Å². The minimum atomic E-state index is -1.00. The van der Waals surface area contributed by atoms with Crippen LogP contribution < -0.4 is 9.47 Å². The van der Waals surface area contributed by atoms with E-state index in [9.17, 15) is 9.59 Å². The van der Waals surface area contributed by atoms with Gasteiger partial charge in [0.1, 0.15) is 6.61 Å². The summed E-state index contributed by atoms with van der Waals surface area (Å²) < 4.78 is 11.7. The molecule has 0 bridgehead atoms. The molecule has 0 saturated carbocycles. The van der Waals surface area contributed by atoms with Crippen LogP contribution in [0.15, 0.2) is 76.6 Å². The standard InChI is InChI=1S/C27H23ClN2O5S/c1-3-34-23-14-18(6-13-22(23)35-16-17-4-9-20(28)10-5-17)15-24-25(31)30(2)27(36-24)29-21-11-7-19(8-12-21)26(32)33/h4-15H,3,16H2,1-2H3,(H,32,33). The lowest BCUT2D eigenvalue weighted by molar-refractivity contribution is -0.121. The van der Waals surface area contributed by atoms with E-state index < -0.39 is 5.97 Å². The molecule has 0 atom stereocenters. The number of carbonyl (C=O) groups excluding carboxylic acids is 1. The Labute approximate surface area is 218 Å². The summed E-state index contributed by atoms with van der Waals surface area (Å²) in [4.78, 5) is 30.3. The molecule has 0 aromatic heterocycles. The minimum Gasteiger partial charge on any atom is -0.490 e. The fraction of sp³-hybridized carbons (Fsp3) is 0.148. The van der Waals surface area contributed by atoms with Crippen LogP contribution in [0.3, 0.4) is 0 Å². The summed E-state index contributed by atoms with van der Waals surface area (Å²) >= 11 is 7.19. The Kier molecular flexibility index (Phi) is 7.97. The van der Waals surface area contributed by atoms with E-state index in [2.05, 4.69) is 4.99 Å². The number of rotatable bonds is 8. The molecule has 36 heavy (non-hydrogen) atoms. The van der Waals surface area contributed by atoms with E-state index in [1.807, 2.05) is 49.4 Å². The highest BCUT2D eigenvalue weighted by atomic mass is 35.5. The zero-order valence-electron chi connectivity index (χ0n) is 19.6. The number of ether oxygens (including phenoxy) is 2. The molecule has 1 aliphatic heterocycles. The van der Waals surface area contributed by atoms with Crippen molar-refractivity contribution in [2.24, 2.45) is 4.99 Å². The number of carboxylic acids is 1. The monoisotopic (exact) mass is 522 g/mol. The van der Waals surface area contributed by atoms with Crippen molar-refractivity contribution in [3.05, 3.63) is 93.3 Å². The molecule has 1 N–H and O–H groups in total. The lowest BCUT2D eigenvalue weighted by atomic mass is 10.1. The maximum atomic E-state index is 12.8. The van der Waals surface area contributed by atoms with Gasteiger partial charge in [-0.1, -0.05) is 29.8 Å². The van der Waals surface area contributed by atoms with Gasteiger partial charge in [-0.05, 0) is 84.4 Å². The van der Waals surface area contributed by atoms with E-state index in [1.54, 1.807) is 25.3 Å². The topological polar surface area (TPSA) is 88.4 Å². The first-order valence-electron chi connectivity index (χ1n) is 11.1. The summed E-state index contributed by atoms with van der Waals surface area (Å²) in [6.07, 6.45) is 1.78. The Bertz CT molecular complexity index is 1340. The Morgan fingerprint density at radius 1 is 1.06 bits per heavy atom. The van der Waals surface area contributed by atoms with Crippen LogP contribution in [0.1, 0.15) is 28.4 Å². The average molecular weight is 523 g/mol. The summed E-state index contributed by atoms with van der Waals surface area (Å²) in [5, 5.41) is 10.2. The third kappa shape index (κ3) is 6.08.